The summed E-state index contributed by atoms with van der Waals surface area (Å²) in [7, 11) is -3.44. The maximum absolute atomic E-state index is 12.9. The summed E-state index contributed by atoms with van der Waals surface area (Å²) in [6, 6.07) is 10.1. The van der Waals surface area contributed by atoms with Crippen LogP contribution in [-0.2, 0) is 21.5 Å². The lowest BCUT2D eigenvalue weighted by Gasteiger charge is -2.10. The van der Waals surface area contributed by atoms with Gasteiger partial charge in [0.1, 0.15) is 10.8 Å². The number of nitrogens with one attached hydrogen (secondary N) is 2. The fourth-order valence-electron chi connectivity index (χ4n) is 2.87. The number of thioether (sulfide) groups is 1. The molecule has 0 saturated carbocycles. The maximum atomic E-state index is 12.9. The molecule has 32 heavy (non-hydrogen) atoms. The van der Waals surface area contributed by atoms with Crippen molar-refractivity contribution in [1.82, 2.24) is 14.9 Å². The first kappa shape index (κ1) is 23.7. The summed E-state index contributed by atoms with van der Waals surface area (Å²) in [6.07, 6.45) is 3.12. The SMILES string of the molecule is C=CCNS(=O)(=O)Cc1ccc(NC(=O)c2cccnc2SCc2c(C)noc2C)cc1. The molecule has 10 heteroatoms. The first-order valence-electron chi connectivity index (χ1n) is 9.77. The third kappa shape index (κ3) is 6.28. The second-order valence-corrected chi connectivity index (χ2v) is 9.77. The largest absolute Gasteiger partial charge is 0.361 e. The molecular formula is C22H24N4O4S2. The Bertz CT molecular complexity index is 1190. The highest BCUT2D eigenvalue weighted by Gasteiger charge is 2.16. The highest BCUT2D eigenvalue weighted by atomic mass is 32.2. The number of aromatic nitrogens is 2. The standard InChI is InChI=1S/C22H24N4O4S2/c1-4-11-24-32(28,29)14-17-7-9-18(10-8-17)25-21(27)19-6-5-12-23-22(19)31-13-20-15(2)26-30-16(20)3/h4-10,12,24H,1,11,13-14H2,2-3H3,(H,25,27). The second kappa shape index (κ2) is 10.6. The van der Waals surface area contributed by atoms with E-state index in [-0.39, 0.29) is 18.2 Å². The fraction of sp³-hybridized carbons (Fsp3) is 0.227. The van der Waals surface area contributed by atoms with Gasteiger partial charge in [0, 0.05) is 29.7 Å². The number of carbonyl (C=O) groups is 1. The van der Waals surface area contributed by atoms with E-state index < -0.39 is 10.0 Å². The first-order valence-corrected chi connectivity index (χ1v) is 12.4. The van der Waals surface area contributed by atoms with Crippen molar-refractivity contribution in [2.45, 2.75) is 30.4 Å². The normalized spacial score (nSPS) is 11.3. The Morgan fingerprint density at radius 2 is 1.97 bits per heavy atom. The van der Waals surface area contributed by atoms with Gasteiger partial charge >= 0.3 is 0 Å². The molecule has 168 valence electrons. The molecule has 3 rings (SSSR count). The second-order valence-electron chi connectivity index (χ2n) is 6.99. The lowest BCUT2D eigenvalue weighted by molar-refractivity contribution is 0.102. The van der Waals surface area contributed by atoms with Crippen LogP contribution in [0.3, 0.4) is 0 Å². The van der Waals surface area contributed by atoms with Gasteiger partial charge in [-0.2, -0.15) is 0 Å². The average molecular weight is 473 g/mol. The van der Waals surface area contributed by atoms with E-state index in [0.29, 0.717) is 27.6 Å². The van der Waals surface area contributed by atoms with Crippen LogP contribution in [0.4, 0.5) is 5.69 Å². The number of benzene rings is 1. The Morgan fingerprint density at radius 3 is 2.62 bits per heavy atom. The molecule has 0 aliphatic heterocycles. The molecule has 2 aromatic heterocycles. The summed E-state index contributed by atoms with van der Waals surface area (Å²) in [5.74, 6) is 0.882. The number of amides is 1. The van der Waals surface area contributed by atoms with Crippen LogP contribution in [-0.4, -0.2) is 31.0 Å². The highest BCUT2D eigenvalue weighted by Crippen LogP contribution is 2.27. The van der Waals surface area contributed by atoms with E-state index in [2.05, 4.69) is 26.8 Å². The number of aryl methyl sites for hydroxylation is 2. The van der Waals surface area contributed by atoms with Gasteiger partial charge in [-0.05, 0) is 43.7 Å². The van der Waals surface area contributed by atoms with Crippen LogP contribution in [0.1, 0.15) is 32.9 Å². The van der Waals surface area contributed by atoms with Crippen LogP contribution in [0.5, 0.6) is 0 Å². The monoisotopic (exact) mass is 472 g/mol. The smallest absolute Gasteiger partial charge is 0.258 e. The Kier molecular flexibility index (Phi) is 7.84. The molecule has 1 amide bonds. The number of sulfonamides is 1. The first-order chi connectivity index (χ1) is 15.3. The third-order valence-corrected chi connectivity index (χ3v) is 6.92. The Labute approximate surface area is 191 Å². The van der Waals surface area contributed by atoms with E-state index in [1.807, 2.05) is 13.8 Å². The number of pyridine rings is 1. The highest BCUT2D eigenvalue weighted by molar-refractivity contribution is 7.98. The van der Waals surface area contributed by atoms with Crippen LogP contribution < -0.4 is 10.0 Å². The number of anilines is 1. The number of hydrogen-bond acceptors (Lipinski definition) is 7. The fourth-order valence-corrected chi connectivity index (χ4v) is 5.12. The molecule has 8 nitrogen and oxygen atoms in total. The van der Waals surface area contributed by atoms with Gasteiger partial charge in [0.15, 0.2) is 0 Å². The zero-order chi connectivity index (χ0) is 23.1. The van der Waals surface area contributed by atoms with Crippen LogP contribution in [0.2, 0.25) is 0 Å². The van der Waals surface area contributed by atoms with Gasteiger partial charge in [-0.3, -0.25) is 4.79 Å². The molecule has 0 radical (unpaired) electrons. The predicted molar refractivity (Wildman–Crippen MR) is 125 cm³/mol. The van der Waals surface area contributed by atoms with E-state index in [1.165, 1.54) is 17.8 Å². The maximum Gasteiger partial charge on any atom is 0.258 e. The molecule has 0 aliphatic carbocycles. The summed E-state index contributed by atoms with van der Waals surface area (Å²) >= 11 is 1.43. The minimum Gasteiger partial charge on any atom is -0.361 e. The van der Waals surface area contributed by atoms with Crippen molar-refractivity contribution in [1.29, 1.82) is 0 Å². The molecule has 2 N–H and O–H groups in total. The van der Waals surface area contributed by atoms with E-state index in [4.69, 9.17) is 4.52 Å². The van der Waals surface area contributed by atoms with Gasteiger partial charge < -0.3 is 9.84 Å². The van der Waals surface area contributed by atoms with E-state index >= 15 is 0 Å². The molecule has 3 aromatic rings. The van der Waals surface area contributed by atoms with E-state index in [9.17, 15) is 13.2 Å². The van der Waals surface area contributed by atoms with Gasteiger partial charge in [0.2, 0.25) is 10.0 Å². The van der Waals surface area contributed by atoms with Gasteiger partial charge in [-0.1, -0.05) is 23.4 Å². The molecule has 0 aliphatic rings. The quantitative estimate of drug-likeness (QED) is 0.340. The van der Waals surface area contributed by atoms with Crippen LogP contribution in [0, 0.1) is 13.8 Å². The number of carbonyl (C=O) groups excluding carboxylic acids is 1. The van der Waals surface area contributed by atoms with Crippen molar-refractivity contribution in [2.75, 3.05) is 11.9 Å². The molecular weight excluding hydrogens is 448 g/mol. The predicted octanol–water partition coefficient (Wildman–Crippen LogP) is 3.84. The average Bonchev–Trinajstić information content (AvgIpc) is 3.09. The summed E-state index contributed by atoms with van der Waals surface area (Å²) in [4.78, 5) is 17.2. The summed E-state index contributed by atoms with van der Waals surface area (Å²) in [5.41, 5.74) is 3.42. The summed E-state index contributed by atoms with van der Waals surface area (Å²) in [5, 5.41) is 7.39. The van der Waals surface area contributed by atoms with Crippen molar-refractivity contribution >= 4 is 33.4 Å². The van der Waals surface area contributed by atoms with Gasteiger partial charge in [-0.15, -0.1) is 18.3 Å². The van der Waals surface area contributed by atoms with E-state index in [0.717, 1.165) is 17.0 Å². The van der Waals surface area contributed by atoms with Crippen molar-refractivity contribution < 1.29 is 17.7 Å². The van der Waals surface area contributed by atoms with Crippen molar-refractivity contribution in [3.05, 3.63) is 83.4 Å². The Hall–Kier alpha value is -2.95. The topological polar surface area (TPSA) is 114 Å². The number of rotatable bonds is 10. The molecule has 2 heterocycles. The van der Waals surface area contributed by atoms with Gasteiger partial charge in [-0.25, -0.2) is 18.1 Å². The molecule has 0 bridgehead atoms. The lowest BCUT2D eigenvalue weighted by Crippen LogP contribution is -2.25. The summed E-state index contributed by atoms with van der Waals surface area (Å²) in [6.45, 7) is 7.40. The van der Waals surface area contributed by atoms with Crippen molar-refractivity contribution in [3.63, 3.8) is 0 Å². The molecule has 0 unspecified atom stereocenters. The Morgan fingerprint density at radius 1 is 1.22 bits per heavy atom. The molecule has 0 atom stereocenters. The number of hydrogen-bond donors (Lipinski definition) is 2. The van der Waals surface area contributed by atoms with Crippen LogP contribution >= 0.6 is 11.8 Å². The minimum absolute atomic E-state index is 0.153. The molecule has 1 aromatic carbocycles. The van der Waals surface area contributed by atoms with Crippen molar-refractivity contribution in [3.8, 4) is 0 Å². The van der Waals surface area contributed by atoms with Crippen LogP contribution in [0.15, 0.2) is 64.8 Å². The van der Waals surface area contributed by atoms with Crippen molar-refractivity contribution in [2.24, 2.45) is 0 Å². The third-order valence-electron chi connectivity index (χ3n) is 4.57. The van der Waals surface area contributed by atoms with Gasteiger partial charge in [0.05, 0.1) is 17.0 Å². The van der Waals surface area contributed by atoms with Crippen LogP contribution in [0.25, 0.3) is 0 Å². The lowest BCUT2D eigenvalue weighted by atomic mass is 10.2. The summed E-state index contributed by atoms with van der Waals surface area (Å²) < 4.78 is 31.6. The zero-order valence-corrected chi connectivity index (χ0v) is 19.4. The zero-order valence-electron chi connectivity index (χ0n) is 17.8. The molecule has 0 saturated heterocycles. The minimum atomic E-state index is -3.44. The van der Waals surface area contributed by atoms with Gasteiger partial charge in [0.25, 0.3) is 5.91 Å². The molecule has 0 spiro atoms. The molecule has 0 fully saturated rings. The van der Waals surface area contributed by atoms with E-state index in [1.54, 1.807) is 42.6 Å². The Balaban J connectivity index is 1.66. The number of nitrogens with zero attached hydrogens (tertiary/aromatic N) is 2.